The Morgan fingerprint density at radius 1 is 0.284 bits per heavy atom. The van der Waals surface area contributed by atoms with Crippen LogP contribution in [0.4, 0.5) is 34.1 Å². The zero-order chi connectivity index (χ0) is 52.6. The Morgan fingerprint density at radius 3 is 1.06 bits per heavy atom. The molecule has 0 bridgehead atoms. The maximum absolute atomic E-state index is 2.61. The van der Waals surface area contributed by atoms with Crippen LogP contribution in [0.3, 0.4) is 0 Å². The maximum atomic E-state index is 2.61. The summed E-state index contributed by atoms with van der Waals surface area (Å²) >= 11 is 5.84. The normalized spacial score (nSPS) is 13.3. The van der Waals surface area contributed by atoms with Crippen molar-refractivity contribution in [3.05, 3.63) is 255 Å². The van der Waals surface area contributed by atoms with Gasteiger partial charge in [-0.1, -0.05) is 192 Å². The largest absolute Gasteiger partial charge is 0.310 e. The molecule has 0 spiro atoms. The number of fused-ring (bicyclic) bond motifs is 17. The number of thiophene rings is 1. The van der Waals surface area contributed by atoms with Gasteiger partial charge in [0.15, 0.2) is 0 Å². The van der Waals surface area contributed by atoms with E-state index in [4.69, 9.17) is 0 Å². The molecule has 0 saturated carbocycles. The topological polar surface area (TPSA) is 16.3 Å². The third-order valence-corrected chi connectivity index (χ3v) is 21.1. The van der Waals surface area contributed by atoms with Gasteiger partial charge in [0.25, 0.3) is 0 Å². The van der Waals surface area contributed by atoms with Crippen LogP contribution in [0.5, 0.6) is 0 Å². The summed E-state index contributed by atoms with van der Waals surface area (Å²) in [5.41, 5.74) is 22.7. The molecule has 0 unspecified atom stereocenters. The van der Waals surface area contributed by atoms with E-state index in [1.165, 1.54) is 128 Å². The van der Waals surface area contributed by atoms with E-state index in [2.05, 4.69) is 274 Å². The molecule has 9 heteroatoms. The molecule has 0 saturated heterocycles. The Bertz CT molecular complexity index is 4810. The lowest BCUT2D eigenvalue weighted by Crippen LogP contribution is -2.58. The lowest BCUT2D eigenvalue weighted by atomic mass is 9.35. The van der Waals surface area contributed by atoms with Gasteiger partial charge >= 0.3 is 0 Å². The summed E-state index contributed by atoms with van der Waals surface area (Å²) in [6, 6.07) is 95.7. The first kappa shape index (κ1) is 44.7. The fraction of sp³-hybridized carbons (Fsp3) is 0. The van der Waals surface area contributed by atoms with Crippen molar-refractivity contribution in [3.8, 4) is 11.4 Å². The molecular weight excluding hydrogens is 1040 g/mol. The van der Waals surface area contributed by atoms with Gasteiger partial charge in [0.1, 0.15) is 0 Å². The molecule has 0 atom stereocenters. The lowest BCUT2D eigenvalue weighted by molar-refractivity contribution is 1.16. The molecule has 0 N–H and O–H groups in total. The molecular formula is C72H42B2N4S3. The monoisotopic (exact) mass is 1080 g/mol. The van der Waals surface area contributed by atoms with Crippen molar-refractivity contribution in [3.63, 3.8) is 0 Å². The second kappa shape index (κ2) is 16.7. The highest BCUT2D eigenvalue weighted by Gasteiger charge is 2.43. The number of para-hydroxylation sites is 8. The molecule has 0 aliphatic carbocycles. The minimum absolute atomic E-state index is 0.0445. The van der Waals surface area contributed by atoms with Crippen LogP contribution in [-0.4, -0.2) is 22.6 Å². The average Bonchev–Trinajstić information content (AvgIpc) is 2.23. The van der Waals surface area contributed by atoms with E-state index in [9.17, 15) is 0 Å². The minimum atomic E-state index is 0.0445. The summed E-state index contributed by atoms with van der Waals surface area (Å²) in [7, 11) is 0. The van der Waals surface area contributed by atoms with Crippen molar-refractivity contribution < 1.29 is 0 Å². The minimum Gasteiger partial charge on any atom is -0.310 e. The van der Waals surface area contributed by atoms with Gasteiger partial charge < -0.3 is 18.9 Å². The van der Waals surface area contributed by atoms with Gasteiger partial charge in [0.2, 0.25) is 13.4 Å². The van der Waals surface area contributed by atoms with Crippen LogP contribution in [0.2, 0.25) is 0 Å². The quantitative estimate of drug-likeness (QED) is 0.154. The smallest absolute Gasteiger partial charge is 0.249 e. The highest BCUT2D eigenvalue weighted by Crippen LogP contribution is 2.48. The van der Waals surface area contributed by atoms with Gasteiger partial charge in [0.05, 0.1) is 11.0 Å². The van der Waals surface area contributed by atoms with Crippen LogP contribution >= 0.6 is 34.9 Å². The Kier molecular flexibility index (Phi) is 9.23. The average molecular weight is 1080 g/mol. The molecule has 0 radical (unpaired) electrons. The van der Waals surface area contributed by atoms with Crippen LogP contribution in [-0.2, 0) is 0 Å². The van der Waals surface area contributed by atoms with E-state index >= 15 is 0 Å². The molecule has 0 amide bonds. The van der Waals surface area contributed by atoms with Gasteiger partial charge in [0, 0.05) is 107 Å². The van der Waals surface area contributed by atoms with Gasteiger partial charge in [-0.25, -0.2) is 0 Å². The fourth-order valence-electron chi connectivity index (χ4n) is 14.5. The van der Waals surface area contributed by atoms with E-state index in [-0.39, 0.29) is 13.4 Å². The molecule has 7 heterocycles. The number of anilines is 6. The number of hydrogen-bond acceptors (Lipinski definition) is 5. The van der Waals surface area contributed by atoms with E-state index < -0.39 is 0 Å². The zero-order valence-corrected chi connectivity index (χ0v) is 45.9. The van der Waals surface area contributed by atoms with Crippen LogP contribution in [0.15, 0.2) is 274 Å². The number of benzene rings is 12. The SMILES string of the molecule is c1ccc(N(c2ccccc2)c2cc3c4c(c2)-n2c5ccccc5c5cccc(c52)B4c2cc4c(cc2S3)sc2cc3c(cc24)B2c4c(cc(N(c5ccccc5)c5ccccc5)cc4-n4c5ccccc5c5cccc2c54)S3)cc1. The molecule has 3 aromatic heterocycles. The second-order valence-electron chi connectivity index (χ2n) is 21.9. The van der Waals surface area contributed by atoms with E-state index in [0.717, 1.165) is 34.1 Å². The third-order valence-electron chi connectivity index (χ3n) is 17.7. The van der Waals surface area contributed by atoms with E-state index in [1.807, 2.05) is 34.9 Å². The van der Waals surface area contributed by atoms with Gasteiger partial charge in [-0.05, 0) is 130 Å². The van der Waals surface area contributed by atoms with Crippen molar-refractivity contribution in [1.29, 1.82) is 0 Å². The van der Waals surface area contributed by atoms with Crippen molar-refractivity contribution in [2.24, 2.45) is 0 Å². The first-order valence-corrected chi connectivity index (χ1v) is 30.2. The molecule has 0 fully saturated rings. The number of hydrogen-bond donors (Lipinski definition) is 0. The van der Waals surface area contributed by atoms with Gasteiger partial charge in [-0.15, -0.1) is 11.3 Å². The van der Waals surface area contributed by atoms with Crippen LogP contribution in [0.1, 0.15) is 0 Å². The predicted molar refractivity (Wildman–Crippen MR) is 348 cm³/mol. The fourth-order valence-corrected chi connectivity index (χ4v) is 18.3. The van der Waals surface area contributed by atoms with Crippen molar-refractivity contribution in [2.75, 3.05) is 9.80 Å². The Morgan fingerprint density at radius 2 is 0.654 bits per heavy atom. The van der Waals surface area contributed by atoms with E-state index in [0.29, 0.717) is 0 Å². The maximum Gasteiger partial charge on any atom is 0.249 e. The third kappa shape index (κ3) is 6.20. The number of nitrogens with zero attached hydrogens (tertiary/aromatic N) is 4. The molecule has 81 heavy (non-hydrogen) atoms. The number of rotatable bonds is 6. The van der Waals surface area contributed by atoms with Crippen LogP contribution in [0.25, 0.3) is 75.2 Å². The first-order valence-electron chi connectivity index (χ1n) is 27.8. The van der Waals surface area contributed by atoms with Crippen molar-refractivity contribution >= 4 is 179 Å². The van der Waals surface area contributed by atoms with Gasteiger partial charge in [-0.3, -0.25) is 0 Å². The molecule has 19 rings (SSSR count). The Hall–Kier alpha value is -9.11. The summed E-state index contributed by atoms with van der Waals surface area (Å²) in [6.45, 7) is 0.0890. The van der Waals surface area contributed by atoms with E-state index in [1.54, 1.807) is 0 Å². The standard InChI is InChI=1S/C72H42B2N4S3/c1-5-19-43(20-6-1)75(44-21-7-2-8-22-44)47-35-61-69-67(37-47)80-65-41-63-53(39-57(65)73(69)55-31-17-29-51-49-27-13-15-33-59(49)77(61)71(51)55)54-40-58-66(42-64(54)79-63)81-68-38-48(76(45-23-9-3-10-24-45)46-25-11-4-12-26-46)36-62-70(68)74(58)56-32-18-30-52-50-28-14-16-34-60(50)78(62)72(52)56/h1-42H. The molecule has 12 aromatic carbocycles. The first-order chi connectivity index (χ1) is 40.2. The molecule has 15 aromatic rings. The molecule has 4 aliphatic rings. The molecule has 374 valence electrons. The Labute approximate surface area is 480 Å². The summed E-state index contributed by atoms with van der Waals surface area (Å²) in [4.78, 5) is 10.1. The summed E-state index contributed by atoms with van der Waals surface area (Å²) in [5, 5.41) is 7.86. The highest BCUT2D eigenvalue weighted by molar-refractivity contribution is 8.00. The summed E-state index contributed by atoms with van der Waals surface area (Å²) in [6.07, 6.45) is 0. The van der Waals surface area contributed by atoms with Gasteiger partial charge in [-0.2, -0.15) is 0 Å². The molecule has 4 aliphatic heterocycles. The zero-order valence-electron chi connectivity index (χ0n) is 43.4. The summed E-state index contributed by atoms with van der Waals surface area (Å²) in [5.74, 6) is 0. The highest BCUT2D eigenvalue weighted by atomic mass is 32.2. The van der Waals surface area contributed by atoms with Crippen molar-refractivity contribution in [1.82, 2.24) is 9.13 Å². The molecule has 4 nitrogen and oxygen atoms in total. The summed E-state index contributed by atoms with van der Waals surface area (Å²) < 4.78 is 7.83. The second-order valence-corrected chi connectivity index (χ2v) is 25.2. The Balaban J connectivity index is 0.840. The lowest BCUT2D eigenvalue weighted by Gasteiger charge is -2.35. The van der Waals surface area contributed by atoms with Crippen molar-refractivity contribution in [2.45, 2.75) is 19.6 Å². The van der Waals surface area contributed by atoms with Crippen LogP contribution in [0, 0.1) is 0 Å². The number of aromatic nitrogens is 2. The van der Waals surface area contributed by atoms with Crippen LogP contribution < -0.4 is 42.6 Å². The predicted octanol–water partition coefficient (Wildman–Crippen LogP) is 15.8.